The summed E-state index contributed by atoms with van der Waals surface area (Å²) < 4.78 is 0. The molecule has 126 valence electrons. The van der Waals surface area contributed by atoms with E-state index in [9.17, 15) is 0 Å². The van der Waals surface area contributed by atoms with Crippen molar-refractivity contribution in [3.05, 3.63) is 48.2 Å². The maximum atomic E-state index is 9.14. The third kappa shape index (κ3) is 4.82. The highest BCUT2D eigenvalue weighted by Gasteiger charge is 2.24. The average Bonchev–Trinajstić information content (AvgIpc) is 2.54. The smallest absolute Gasteiger partial charge is 0.0451 e. The van der Waals surface area contributed by atoms with Gasteiger partial charge in [-0.05, 0) is 62.6 Å². The molecule has 1 aromatic carbocycles. The maximum absolute atomic E-state index is 9.14. The van der Waals surface area contributed by atoms with Gasteiger partial charge in [0.2, 0.25) is 0 Å². The molecule has 1 aromatic rings. The van der Waals surface area contributed by atoms with E-state index < -0.39 is 5.54 Å². The van der Waals surface area contributed by atoms with Gasteiger partial charge in [-0.15, -0.1) is 0 Å². The van der Waals surface area contributed by atoms with E-state index in [0.29, 0.717) is 13.0 Å². The normalized spacial score (nSPS) is 20.4. The van der Waals surface area contributed by atoms with Crippen molar-refractivity contribution in [2.24, 2.45) is 11.5 Å². The lowest BCUT2D eigenvalue weighted by Gasteiger charge is -2.32. The molecule has 1 aliphatic carbocycles. The van der Waals surface area contributed by atoms with Gasteiger partial charge in [-0.1, -0.05) is 12.2 Å². The standard InChI is InChI=1S/C18H28N4O/c19-12-1-2-13-22(16-5-3-15(20)4-6-16)17-7-9-18(21,10-8-17)11-14-23/h3-9,23H,1-2,10-14,19-21H2. The summed E-state index contributed by atoms with van der Waals surface area (Å²) in [6, 6.07) is 7.89. The molecule has 0 fully saturated rings. The molecule has 1 atom stereocenters. The fraction of sp³-hybridized carbons (Fsp3) is 0.444. The predicted molar refractivity (Wildman–Crippen MR) is 97.0 cm³/mol. The van der Waals surface area contributed by atoms with Crippen molar-refractivity contribution >= 4 is 11.4 Å². The first-order chi connectivity index (χ1) is 11.1. The molecule has 0 saturated heterocycles. The average molecular weight is 316 g/mol. The van der Waals surface area contributed by atoms with Gasteiger partial charge < -0.3 is 27.2 Å². The van der Waals surface area contributed by atoms with E-state index >= 15 is 0 Å². The number of allylic oxidation sites excluding steroid dienone is 1. The zero-order valence-corrected chi connectivity index (χ0v) is 13.6. The van der Waals surface area contributed by atoms with E-state index in [-0.39, 0.29) is 6.61 Å². The van der Waals surface area contributed by atoms with Crippen LogP contribution in [0.2, 0.25) is 0 Å². The Hall–Kier alpha value is -1.82. The number of nitrogen functional groups attached to an aromatic ring is 1. The van der Waals surface area contributed by atoms with Crippen LogP contribution in [0.15, 0.2) is 48.2 Å². The van der Waals surface area contributed by atoms with Gasteiger partial charge in [-0.3, -0.25) is 0 Å². The molecular weight excluding hydrogens is 288 g/mol. The third-order valence-electron chi connectivity index (χ3n) is 4.21. The van der Waals surface area contributed by atoms with Gasteiger partial charge >= 0.3 is 0 Å². The number of hydrogen-bond acceptors (Lipinski definition) is 5. The van der Waals surface area contributed by atoms with Crippen molar-refractivity contribution in [2.75, 3.05) is 30.3 Å². The number of aliphatic hydroxyl groups is 1. The Bertz CT molecular complexity index is 553. The minimum Gasteiger partial charge on any atom is -0.399 e. The zero-order valence-electron chi connectivity index (χ0n) is 13.6. The van der Waals surface area contributed by atoms with Crippen LogP contribution in [-0.4, -0.2) is 30.3 Å². The summed E-state index contributed by atoms with van der Waals surface area (Å²) >= 11 is 0. The summed E-state index contributed by atoms with van der Waals surface area (Å²) in [6.45, 7) is 1.70. The number of benzene rings is 1. The number of rotatable bonds is 8. The van der Waals surface area contributed by atoms with E-state index in [4.69, 9.17) is 22.3 Å². The Kier molecular flexibility index (Phi) is 6.21. The van der Waals surface area contributed by atoms with Crippen LogP contribution in [0.5, 0.6) is 0 Å². The maximum Gasteiger partial charge on any atom is 0.0451 e. The number of nitrogens with two attached hydrogens (primary N) is 3. The molecule has 0 saturated carbocycles. The second-order valence-electron chi connectivity index (χ2n) is 6.11. The van der Waals surface area contributed by atoms with Gasteiger partial charge in [0.1, 0.15) is 0 Å². The quantitative estimate of drug-likeness (QED) is 0.432. The van der Waals surface area contributed by atoms with Crippen LogP contribution >= 0.6 is 0 Å². The van der Waals surface area contributed by atoms with Crippen molar-refractivity contribution in [2.45, 2.75) is 31.2 Å². The van der Waals surface area contributed by atoms with Gasteiger partial charge in [-0.25, -0.2) is 0 Å². The lowest BCUT2D eigenvalue weighted by molar-refractivity contribution is 0.257. The summed E-state index contributed by atoms with van der Waals surface area (Å²) in [7, 11) is 0. The fourth-order valence-electron chi connectivity index (χ4n) is 2.75. The Morgan fingerprint density at radius 3 is 2.48 bits per heavy atom. The Labute approximate surface area is 138 Å². The number of nitrogens with zero attached hydrogens (tertiary/aromatic N) is 1. The van der Waals surface area contributed by atoms with E-state index in [1.165, 1.54) is 0 Å². The molecule has 5 heteroatoms. The highest BCUT2D eigenvalue weighted by Crippen LogP contribution is 2.28. The SMILES string of the molecule is NCCCCN(C1=CCC(N)(CCO)C=C1)c1ccc(N)cc1. The molecule has 0 heterocycles. The van der Waals surface area contributed by atoms with E-state index in [1.54, 1.807) is 0 Å². The van der Waals surface area contributed by atoms with E-state index in [1.807, 2.05) is 30.3 Å². The lowest BCUT2D eigenvalue weighted by Crippen LogP contribution is -2.40. The van der Waals surface area contributed by atoms with Crippen LogP contribution in [0.25, 0.3) is 0 Å². The number of aliphatic hydroxyl groups excluding tert-OH is 1. The van der Waals surface area contributed by atoms with Crippen LogP contribution in [0, 0.1) is 0 Å². The molecule has 1 unspecified atom stereocenters. The van der Waals surface area contributed by atoms with Crippen molar-refractivity contribution in [1.82, 2.24) is 0 Å². The Morgan fingerprint density at radius 1 is 1.17 bits per heavy atom. The lowest BCUT2D eigenvalue weighted by atomic mass is 9.88. The first-order valence-corrected chi connectivity index (χ1v) is 8.20. The molecule has 1 aliphatic rings. The molecule has 0 bridgehead atoms. The van der Waals surface area contributed by atoms with Crippen molar-refractivity contribution in [1.29, 1.82) is 0 Å². The molecule has 0 aromatic heterocycles. The highest BCUT2D eigenvalue weighted by molar-refractivity contribution is 5.59. The van der Waals surface area contributed by atoms with Gasteiger partial charge in [0.15, 0.2) is 0 Å². The topological polar surface area (TPSA) is 102 Å². The zero-order chi connectivity index (χ0) is 16.7. The predicted octanol–water partition coefficient (Wildman–Crippen LogP) is 1.74. The van der Waals surface area contributed by atoms with Crippen molar-refractivity contribution in [3.63, 3.8) is 0 Å². The van der Waals surface area contributed by atoms with Crippen LogP contribution in [0.4, 0.5) is 11.4 Å². The van der Waals surface area contributed by atoms with Gasteiger partial charge in [-0.2, -0.15) is 0 Å². The number of hydrogen-bond donors (Lipinski definition) is 4. The van der Waals surface area contributed by atoms with Crippen LogP contribution in [-0.2, 0) is 0 Å². The Morgan fingerprint density at radius 2 is 1.91 bits per heavy atom. The highest BCUT2D eigenvalue weighted by atomic mass is 16.3. The van der Waals surface area contributed by atoms with Gasteiger partial charge in [0, 0.05) is 35.8 Å². The summed E-state index contributed by atoms with van der Waals surface area (Å²) in [6.07, 6.45) is 9.52. The van der Waals surface area contributed by atoms with Crippen molar-refractivity contribution < 1.29 is 5.11 Å². The molecule has 0 spiro atoms. The molecule has 5 nitrogen and oxygen atoms in total. The van der Waals surface area contributed by atoms with Crippen molar-refractivity contribution in [3.8, 4) is 0 Å². The first-order valence-electron chi connectivity index (χ1n) is 8.20. The van der Waals surface area contributed by atoms with Crippen LogP contribution in [0.1, 0.15) is 25.7 Å². The van der Waals surface area contributed by atoms with Gasteiger partial charge in [0.05, 0.1) is 0 Å². The summed E-state index contributed by atoms with van der Waals surface area (Å²) in [5.41, 5.74) is 20.2. The van der Waals surface area contributed by atoms with Gasteiger partial charge in [0.25, 0.3) is 0 Å². The molecule has 7 N–H and O–H groups in total. The molecule has 0 radical (unpaired) electrons. The fourth-order valence-corrected chi connectivity index (χ4v) is 2.75. The molecule has 0 amide bonds. The molecular formula is C18H28N4O. The number of unbranched alkanes of at least 4 members (excludes halogenated alkanes) is 1. The monoisotopic (exact) mass is 316 g/mol. The van der Waals surface area contributed by atoms with E-state index in [0.717, 1.165) is 42.9 Å². The molecule has 0 aliphatic heterocycles. The summed E-state index contributed by atoms with van der Waals surface area (Å²) in [4.78, 5) is 2.27. The largest absolute Gasteiger partial charge is 0.399 e. The second-order valence-corrected chi connectivity index (χ2v) is 6.11. The summed E-state index contributed by atoms with van der Waals surface area (Å²) in [5.74, 6) is 0. The Balaban J connectivity index is 2.16. The first kappa shape index (κ1) is 17.5. The minimum atomic E-state index is -0.442. The second kappa shape index (κ2) is 8.15. The van der Waals surface area contributed by atoms with Crippen LogP contribution < -0.4 is 22.1 Å². The van der Waals surface area contributed by atoms with E-state index in [2.05, 4.69) is 17.1 Å². The third-order valence-corrected chi connectivity index (χ3v) is 4.21. The summed E-state index contributed by atoms with van der Waals surface area (Å²) in [5, 5.41) is 9.14. The number of anilines is 2. The molecule has 2 rings (SSSR count). The van der Waals surface area contributed by atoms with Crippen LogP contribution in [0.3, 0.4) is 0 Å². The minimum absolute atomic E-state index is 0.0994. The molecule has 23 heavy (non-hydrogen) atoms.